The van der Waals surface area contributed by atoms with Crippen molar-refractivity contribution >= 4 is 90.8 Å². The van der Waals surface area contributed by atoms with Crippen molar-refractivity contribution in [2.45, 2.75) is 105 Å². The predicted octanol–water partition coefficient (Wildman–Crippen LogP) is 18.8. The molecule has 6 aromatic rings. The Kier molecular flexibility index (Phi) is 16.3. The summed E-state index contributed by atoms with van der Waals surface area (Å²) in [6.45, 7) is 26.8. The van der Waals surface area contributed by atoms with Crippen molar-refractivity contribution in [3.8, 4) is 0 Å². The minimum absolute atomic E-state index is 0.108. The second kappa shape index (κ2) is 20.0. The van der Waals surface area contributed by atoms with Crippen molar-refractivity contribution < 1.29 is 0 Å². The number of hydrogen-bond donors (Lipinski definition) is 1. The molecular weight excluding hydrogens is 874 g/mol. The molecule has 2 nitrogen and oxygen atoms in total. The average Bonchev–Trinajstić information content (AvgIpc) is 3.11. The van der Waals surface area contributed by atoms with Crippen LogP contribution in [0.15, 0.2) is 138 Å². The third-order valence-electron chi connectivity index (χ3n) is 9.71. The van der Waals surface area contributed by atoms with Gasteiger partial charge in [0.25, 0.3) is 0 Å². The van der Waals surface area contributed by atoms with E-state index in [0.717, 1.165) is 32.9 Å². The van der Waals surface area contributed by atoms with Crippen molar-refractivity contribution in [2.24, 2.45) is 0 Å². The van der Waals surface area contributed by atoms with E-state index in [0.29, 0.717) is 20.1 Å². The van der Waals surface area contributed by atoms with Gasteiger partial charge in [-0.05, 0) is 129 Å². The molecule has 0 radical (unpaired) electrons. The zero-order chi connectivity index (χ0) is 43.9. The lowest BCUT2D eigenvalue weighted by Crippen LogP contribution is -2.14. The van der Waals surface area contributed by atoms with Crippen molar-refractivity contribution in [1.29, 1.82) is 0 Å². The van der Waals surface area contributed by atoms with Crippen LogP contribution in [0.1, 0.15) is 105 Å². The topological polar surface area (TPSA) is 15.3 Å². The van der Waals surface area contributed by atoms with Gasteiger partial charge in [-0.3, -0.25) is 0 Å². The predicted molar refractivity (Wildman–Crippen MR) is 266 cm³/mol. The molecule has 0 bridgehead atoms. The Balaban J connectivity index is 0.000000222. The van der Waals surface area contributed by atoms with E-state index >= 15 is 0 Å². The summed E-state index contributed by atoms with van der Waals surface area (Å²) >= 11 is 27.2. The first kappa shape index (κ1) is 48.2. The van der Waals surface area contributed by atoms with Gasteiger partial charge in [0.1, 0.15) is 0 Å². The quantitative estimate of drug-likeness (QED) is 0.185. The van der Waals surface area contributed by atoms with Crippen LogP contribution in [0, 0.1) is 0 Å². The molecule has 0 spiro atoms. The molecule has 0 saturated carbocycles. The van der Waals surface area contributed by atoms with E-state index < -0.39 is 0 Å². The lowest BCUT2D eigenvalue weighted by Gasteiger charge is -2.28. The standard InChI is InChI=1S/C26H29Cl2N.C20H27N.C6H3BrCl2/c1-25(2,3)18-7-11-22(12-8-18)29(24-16-20(27)15-21(28)17-24)23-13-9-19(10-14-23)26(4,5)6;1-19(2,3)15-7-11-17(12-8-15)21-18-13-9-16(10-14-18)20(4,5)6;7-4-1-5(8)3-6(9)2-4/h7-17H,1-6H3;7-14,21H,1-6H3;1-3H. The lowest BCUT2D eigenvalue weighted by molar-refractivity contribution is 0.590. The fourth-order valence-electron chi connectivity index (χ4n) is 6.13. The van der Waals surface area contributed by atoms with Crippen LogP contribution in [-0.4, -0.2) is 0 Å². The van der Waals surface area contributed by atoms with Crippen LogP contribution >= 0.6 is 62.3 Å². The normalized spacial score (nSPS) is 11.8. The number of nitrogens with one attached hydrogen (secondary N) is 1. The molecule has 1 N–H and O–H groups in total. The maximum Gasteiger partial charge on any atom is 0.0491 e. The summed E-state index contributed by atoms with van der Waals surface area (Å²) in [4.78, 5) is 2.19. The van der Waals surface area contributed by atoms with Gasteiger partial charge < -0.3 is 10.2 Å². The van der Waals surface area contributed by atoms with Crippen LogP contribution in [0.25, 0.3) is 0 Å². The Morgan fingerprint density at radius 1 is 0.356 bits per heavy atom. The summed E-state index contributed by atoms with van der Waals surface area (Å²) in [5.74, 6) is 0. The third kappa shape index (κ3) is 14.9. The molecule has 7 heteroatoms. The largest absolute Gasteiger partial charge is 0.356 e. The fraction of sp³-hybridized carbons (Fsp3) is 0.308. The Morgan fingerprint density at radius 2 is 0.610 bits per heavy atom. The summed E-state index contributed by atoms with van der Waals surface area (Å²) in [5.41, 5.74) is 11.3. The summed E-state index contributed by atoms with van der Waals surface area (Å²) < 4.78 is 0.903. The first-order chi connectivity index (χ1) is 27.3. The first-order valence-corrected chi connectivity index (χ1v) is 22.2. The van der Waals surface area contributed by atoms with Gasteiger partial charge >= 0.3 is 0 Å². The Bertz CT molecular complexity index is 2070. The van der Waals surface area contributed by atoms with E-state index in [1.54, 1.807) is 24.3 Å². The van der Waals surface area contributed by atoms with Crippen molar-refractivity contribution in [1.82, 2.24) is 0 Å². The molecule has 6 rings (SSSR count). The van der Waals surface area contributed by atoms with Gasteiger partial charge in [-0.2, -0.15) is 0 Å². The summed E-state index contributed by atoms with van der Waals surface area (Å²) in [6.07, 6.45) is 0. The highest BCUT2D eigenvalue weighted by Crippen LogP contribution is 2.39. The molecular formula is C52H59BrCl4N2. The van der Waals surface area contributed by atoms with Gasteiger partial charge in [-0.1, -0.05) is 194 Å². The number of hydrogen-bond acceptors (Lipinski definition) is 2. The Hall–Kier alpha value is -3.44. The van der Waals surface area contributed by atoms with Crippen LogP contribution < -0.4 is 10.2 Å². The molecule has 0 aromatic heterocycles. The van der Waals surface area contributed by atoms with E-state index in [1.807, 2.05) is 12.1 Å². The average molecular weight is 934 g/mol. The number of nitrogens with zero attached hydrogens (tertiary/aromatic N) is 1. The van der Waals surface area contributed by atoms with Crippen LogP contribution in [-0.2, 0) is 21.7 Å². The minimum Gasteiger partial charge on any atom is -0.356 e. The second-order valence-corrected chi connectivity index (χ2v) is 21.6. The summed E-state index contributed by atoms with van der Waals surface area (Å²) in [5, 5.41) is 6.00. The molecule has 0 aliphatic rings. The third-order valence-corrected chi connectivity index (χ3v) is 11.0. The van der Waals surface area contributed by atoms with E-state index in [-0.39, 0.29) is 21.7 Å². The van der Waals surface area contributed by atoms with Crippen molar-refractivity contribution in [3.05, 3.63) is 180 Å². The molecule has 312 valence electrons. The van der Waals surface area contributed by atoms with Crippen molar-refractivity contribution in [2.75, 3.05) is 10.2 Å². The molecule has 0 unspecified atom stereocenters. The van der Waals surface area contributed by atoms with Gasteiger partial charge in [0.2, 0.25) is 0 Å². The van der Waals surface area contributed by atoms with Crippen LogP contribution in [0.4, 0.5) is 28.4 Å². The van der Waals surface area contributed by atoms with Crippen LogP contribution in [0.5, 0.6) is 0 Å². The lowest BCUT2D eigenvalue weighted by atomic mass is 9.86. The molecule has 0 amide bonds. The maximum absolute atomic E-state index is 6.33. The summed E-state index contributed by atoms with van der Waals surface area (Å²) in [7, 11) is 0. The van der Waals surface area contributed by atoms with E-state index in [4.69, 9.17) is 46.4 Å². The van der Waals surface area contributed by atoms with E-state index in [1.165, 1.54) is 22.3 Å². The molecule has 0 saturated heterocycles. The molecule has 0 aliphatic carbocycles. The minimum atomic E-state index is 0.108. The highest BCUT2D eigenvalue weighted by molar-refractivity contribution is 9.10. The Morgan fingerprint density at radius 3 is 0.864 bits per heavy atom. The van der Waals surface area contributed by atoms with Gasteiger partial charge in [-0.15, -0.1) is 0 Å². The Labute approximate surface area is 383 Å². The van der Waals surface area contributed by atoms with E-state index in [2.05, 4.69) is 206 Å². The SMILES string of the molecule is CC(C)(C)c1ccc(N(c2ccc(C(C)(C)C)cc2)c2cc(Cl)cc(Cl)c2)cc1.CC(C)(C)c1ccc(Nc2ccc(C(C)(C)C)cc2)cc1.Clc1cc(Cl)cc(Br)c1. The van der Waals surface area contributed by atoms with Gasteiger partial charge in [0.05, 0.1) is 0 Å². The van der Waals surface area contributed by atoms with Crippen molar-refractivity contribution in [3.63, 3.8) is 0 Å². The van der Waals surface area contributed by atoms with Gasteiger partial charge in [0.15, 0.2) is 0 Å². The van der Waals surface area contributed by atoms with Gasteiger partial charge in [-0.25, -0.2) is 0 Å². The monoisotopic (exact) mass is 930 g/mol. The number of halogens is 5. The molecule has 0 atom stereocenters. The van der Waals surface area contributed by atoms with E-state index in [9.17, 15) is 0 Å². The molecule has 0 fully saturated rings. The zero-order valence-electron chi connectivity index (χ0n) is 36.5. The first-order valence-electron chi connectivity index (χ1n) is 19.9. The molecule has 0 heterocycles. The molecule has 6 aromatic carbocycles. The second-order valence-electron chi connectivity index (χ2n) is 18.9. The summed E-state index contributed by atoms with van der Waals surface area (Å²) in [6, 6.07) is 45.7. The van der Waals surface area contributed by atoms with Gasteiger partial charge in [0, 0.05) is 53.0 Å². The van der Waals surface area contributed by atoms with Crippen LogP contribution in [0.2, 0.25) is 20.1 Å². The fourth-order valence-corrected chi connectivity index (χ4v) is 7.93. The number of anilines is 5. The maximum atomic E-state index is 6.33. The highest BCUT2D eigenvalue weighted by Gasteiger charge is 2.19. The molecule has 59 heavy (non-hydrogen) atoms. The van der Waals surface area contributed by atoms with Crippen LogP contribution in [0.3, 0.4) is 0 Å². The highest BCUT2D eigenvalue weighted by atomic mass is 79.9. The molecule has 0 aliphatic heterocycles. The number of benzene rings is 6. The smallest absolute Gasteiger partial charge is 0.0491 e. The zero-order valence-corrected chi connectivity index (χ0v) is 41.1. The number of rotatable bonds is 5.